The zero-order chi connectivity index (χ0) is 11.4. The lowest BCUT2D eigenvalue weighted by atomic mass is 9.79. The second kappa shape index (κ2) is 5.59. The molecule has 0 saturated heterocycles. The number of carbonyl (C=O) groups excluding carboxylic acids is 1. The molecule has 0 bridgehead atoms. The molecule has 0 N–H and O–H groups in total. The minimum absolute atomic E-state index is 0.0543. The normalized spacial score (nSPS) is 14.2. The molecule has 0 amide bonds. The lowest BCUT2D eigenvalue weighted by Crippen LogP contribution is -2.36. The summed E-state index contributed by atoms with van der Waals surface area (Å²) >= 11 is 5.28. The molecule has 14 heavy (non-hydrogen) atoms. The summed E-state index contributed by atoms with van der Waals surface area (Å²) in [6, 6.07) is 0. The van der Waals surface area contributed by atoms with E-state index in [1.807, 2.05) is 0 Å². The van der Waals surface area contributed by atoms with Crippen LogP contribution >= 0.6 is 11.6 Å². The van der Waals surface area contributed by atoms with Crippen molar-refractivity contribution in [2.75, 3.05) is 0 Å². The van der Waals surface area contributed by atoms with Crippen molar-refractivity contribution in [3.63, 3.8) is 0 Å². The van der Waals surface area contributed by atoms with Crippen molar-refractivity contribution in [2.24, 2.45) is 11.3 Å². The van der Waals surface area contributed by atoms with E-state index >= 15 is 0 Å². The molecule has 0 fully saturated rings. The molecule has 1 unspecified atom stereocenters. The summed E-state index contributed by atoms with van der Waals surface area (Å²) < 4.78 is 5.19. The molecule has 0 aromatic rings. The van der Waals surface area contributed by atoms with Crippen LogP contribution < -0.4 is 0 Å². The zero-order valence-electron chi connectivity index (χ0n) is 9.76. The van der Waals surface area contributed by atoms with Gasteiger partial charge in [-0.15, -0.1) is 0 Å². The molecule has 0 heterocycles. The lowest BCUT2D eigenvalue weighted by molar-refractivity contribution is 0.00141. The average Bonchev–Trinajstić information content (AvgIpc) is 2.02. The Hall–Kier alpha value is -0.240. The standard InChI is InChI=1S/C11H21ClO2/c1-6-8(7-2)9(11(3,4)5)14-10(12)13/h8-9H,6-7H2,1-5H3. The highest BCUT2D eigenvalue weighted by atomic mass is 35.5. The maximum absolute atomic E-state index is 10.8. The highest BCUT2D eigenvalue weighted by Gasteiger charge is 2.33. The number of rotatable bonds is 4. The highest BCUT2D eigenvalue weighted by Crippen LogP contribution is 2.32. The lowest BCUT2D eigenvalue weighted by Gasteiger charge is -2.35. The Balaban J connectivity index is 4.61. The zero-order valence-corrected chi connectivity index (χ0v) is 10.5. The second-order valence-corrected chi connectivity index (χ2v) is 5.03. The quantitative estimate of drug-likeness (QED) is 0.664. The largest absolute Gasteiger partial charge is 0.450 e. The number of halogens is 1. The fourth-order valence-corrected chi connectivity index (χ4v) is 1.89. The molecule has 84 valence electrons. The van der Waals surface area contributed by atoms with Crippen LogP contribution in [0.2, 0.25) is 0 Å². The summed E-state index contributed by atoms with van der Waals surface area (Å²) in [6.07, 6.45) is 1.91. The Labute approximate surface area is 92.0 Å². The first-order valence-electron chi connectivity index (χ1n) is 5.19. The van der Waals surface area contributed by atoms with Crippen LogP contribution in [0.3, 0.4) is 0 Å². The molecular weight excluding hydrogens is 200 g/mol. The van der Waals surface area contributed by atoms with Gasteiger partial charge in [-0.2, -0.15) is 0 Å². The topological polar surface area (TPSA) is 26.3 Å². The van der Waals surface area contributed by atoms with E-state index in [2.05, 4.69) is 34.6 Å². The first kappa shape index (κ1) is 13.8. The van der Waals surface area contributed by atoms with E-state index in [9.17, 15) is 4.79 Å². The first-order valence-corrected chi connectivity index (χ1v) is 5.56. The van der Waals surface area contributed by atoms with Crippen LogP contribution in [0.15, 0.2) is 0 Å². The van der Waals surface area contributed by atoms with Crippen molar-refractivity contribution in [1.82, 2.24) is 0 Å². The maximum atomic E-state index is 10.8. The van der Waals surface area contributed by atoms with Crippen LogP contribution in [0.25, 0.3) is 0 Å². The Morgan fingerprint density at radius 3 is 1.93 bits per heavy atom. The number of hydrogen-bond donors (Lipinski definition) is 0. The monoisotopic (exact) mass is 220 g/mol. The predicted molar refractivity (Wildman–Crippen MR) is 59.6 cm³/mol. The van der Waals surface area contributed by atoms with Crippen LogP contribution in [0.1, 0.15) is 47.5 Å². The Morgan fingerprint density at radius 2 is 1.71 bits per heavy atom. The van der Waals surface area contributed by atoms with E-state index in [-0.39, 0.29) is 11.5 Å². The van der Waals surface area contributed by atoms with E-state index in [0.717, 1.165) is 12.8 Å². The summed E-state index contributed by atoms with van der Waals surface area (Å²) in [6.45, 7) is 10.4. The first-order chi connectivity index (χ1) is 6.32. The highest BCUT2D eigenvalue weighted by molar-refractivity contribution is 6.61. The molecule has 1 atom stereocenters. The Morgan fingerprint density at radius 1 is 1.29 bits per heavy atom. The van der Waals surface area contributed by atoms with Crippen LogP contribution in [-0.4, -0.2) is 11.5 Å². The maximum Gasteiger partial charge on any atom is 0.404 e. The summed E-state index contributed by atoms with van der Waals surface area (Å²) in [5.41, 5.74) is -0.752. The van der Waals surface area contributed by atoms with Crippen LogP contribution in [0.5, 0.6) is 0 Å². The summed E-state index contributed by atoms with van der Waals surface area (Å²) in [4.78, 5) is 10.8. The van der Waals surface area contributed by atoms with Gasteiger partial charge in [-0.25, -0.2) is 4.79 Å². The van der Waals surface area contributed by atoms with Gasteiger partial charge in [-0.05, 0) is 24.2 Å². The summed E-state index contributed by atoms with van der Waals surface area (Å²) in [5, 5.41) is 0. The molecule has 0 aromatic carbocycles. The van der Waals surface area contributed by atoms with Gasteiger partial charge in [0, 0.05) is 11.6 Å². The minimum atomic E-state index is -0.697. The van der Waals surface area contributed by atoms with E-state index < -0.39 is 5.43 Å². The van der Waals surface area contributed by atoms with Crippen LogP contribution in [0.4, 0.5) is 4.79 Å². The molecule has 0 aromatic heterocycles. The van der Waals surface area contributed by atoms with E-state index in [4.69, 9.17) is 16.3 Å². The third-order valence-electron chi connectivity index (χ3n) is 2.55. The third kappa shape index (κ3) is 4.32. The number of ether oxygens (including phenoxy) is 1. The fourth-order valence-electron chi connectivity index (χ4n) is 1.80. The van der Waals surface area contributed by atoms with Crippen molar-refractivity contribution < 1.29 is 9.53 Å². The van der Waals surface area contributed by atoms with E-state index in [0.29, 0.717) is 5.92 Å². The van der Waals surface area contributed by atoms with Crippen molar-refractivity contribution in [1.29, 1.82) is 0 Å². The van der Waals surface area contributed by atoms with Gasteiger partial charge in [0.15, 0.2) is 0 Å². The molecule has 0 rings (SSSR count). The van der Waals surface area contributed by atoms with Gasteiger partial charge in [0.2, 0.25) is 0 Å². The van der Waals surface area contributed by atoms with Gasteiger partial charge in [0.25, 0.3) is 0 Å². The molecule has 0 saturated carbocycles. The molecule has 0 radical (unpaired) electrons. The van der Waals surface area contributed by atoms with E-state index in [1.165, 1.54) is 0 Å². The Kier molecular flexibility index (Phi) is 5.50. The summed E-state index contributed by atoms with van der Waals surface area (Å²) in [5.74, 6) is 0.387. The molecule has 0 aliphatic rings. The van der Waals surface area contributed by atoms with Crippen LogP contribution in [-0.2, 0) is 4.74 Å². The van der Waals surface area contributed by atoms with Crippen molar-refractivity contribution in [3.05, 3.63) is 0 Å². The van der Waals surface area contributed by atoms with Gasteiger partial charge >= 0.3 is 5.43 Å². The van der Waals surface area contributed by atoms with Crippen molar-refractivity contribution >= 4 is 17.0 Å². The van der Waals surface area contributed by atoms with Gasteiger partial charge in [0.05, 0.1) is 0 Å². The van der Waals surface area contributed by atoms with E-state index in [1.54, 1.807) is 0 Å². The molecule has 2 nitrogen and oxygen atoms in total. The van der Waals surface area contributed by atoms with Gasteiger partial charge in [0.1, 0.15) is 6.10 Å². The average molecular weight is 221 g/mol. The smallest absolute Gasteiger partial charge is 0.404 e. The van der Waals surface area contributed by atoms with Gasteiger partial charge < -0.3 is 4.74 Å². The third-order valence-corrected chi connectivity index (χ3v) is 2.64. The molecule has 3 heteroatoms. The minimum Gasteiger partial charge on any atom is -0.450 e. The Bertz CT molecular complexity index is 180. The number of carbonyl (C=O) groups is 1. The number of hydrogen-bond acceptors (Lipinski definition) is 2. The fraction of sp³-hybridized carbons (Fsp3) is 0.909. The second-order valence-electron chi connectivity index (χ2n) is 4.72. The van der Waals surface area contributed by atoms with Gasteiger partial charge in [-0.3, -0.25) is 0 Å². The summed E-state index contributed by atoms with van der Waals surface area (Å²) in [7, 11) is 0. The predicted octanol–water partition coefficient (Wildman–Crippen LogP) is 4.21. The molecule has 0 spiro atoms. The molecule has 0 aliphatic heterocycles. The van der Waals surface area contributed by atoms with Crippen LogP contribution in [0, 0.1) is 11.3 Å². The molecule has 0 aliphatic carbocycles. The molecular formula is C11H21ClO2. The van der Waals surface area contributed by atoms with Crippen molar-refractivity contribution in [3.8, 4) is 0 Å². The van der Waals surface area contributed by atoms with Gasteiger partial charge in [-0.1, -0.05) is 34.6 Å². The SMILES string of the molecule is CCC(CC)C(OC(=O)Cl)C(C)(C)C. The van der Waals surface area contributed by atoms with Crippen molar-refractivity contribution in [2.45, 2.75) is 53.6 Å².